The van der Waals surface area contributed by atoms with Crippen molar-refractivity contribution >= 4 is 22.4 Å². The Hall–Kier alpha value is -1.10. The van der Waals surface area contributed by atoms with Gasteiger partial charge < -0.3 is 10.0 Å². The molecule has 18 heavy (non-hydrogen) atoms. The Bertz CT molecular complexity index is 431. The summed E-state index contributed by atoms with van der Waals surface area (Å²) < 4.78 is 0. The highest BCUT2D eigenvalue weighted by molar-refractivity contribution is 7.15. The van der Waals surface area contributed by atoms with E-state index in [0.717, 1.165) is 28.7 Å². The quantitative estimate of drug-likeness (QED) is 0.912. The number of anilines is 1. The van der Waals surface area contributed by atoms with Gasteiger partial charge in [-0.15, -0.1) is 11.3 Å². The molecule has 100 valence electrons. The monoisotopic (exact) mass is 268 g/mol. The Labute approximate surface area is 112 Å². The molecule has 0 radical (unpaired) electrons. The number of carbonyl (C=O) groups is 1. The Kier molecular flexibility index (Phi) is 4.22. The molecule has 1 N–H and O–H groups in total. The van der Waals surface area contributed by atoms with Gasteiger partial charge in [-0.3, -0.25) is 4.79 Å². The average Bonchev–Trinajstić information content (AvgIpc) is 2.71. The fourth-order valence-corrected chi connectivity index (χ4v) is 3.69. The van der Waals surface area contributed by atoms with Crippen LogP contribution in [0, 0.1) is 0 Å². The molecule has 1 atom stereocenters. The third-order valence-electron chi connectivity index (χ3n) is 3.46. The van der Waals surface area contributed by atoms with Gasteiger partial charge in [0.25, 0.3) is 0 Å². The summed E-state index contributed by atoms with van der Waals surface area (Å²) >= 11 is 1.56. The Morgan fingerprint density at radius 2 is 2.33 bits per heavy atom. The molecule has 0 aliphatic carbocycles. The molecule has 0 saturated carbocycles. The zero-order valence-corrected chi connectivity index (χ0v) is 11.8. The van der Waals surface area contributed by atoms with Gasteiger partial charge >= 0.3 is 5.97 Å². The SMILES string of the molecule is CCc1nc(N2CCCCC2C)sc1CC(=O)O. The lowest BCUT2D eigenvalue weighted by atomic mass is 10.1. The van der Waals surface area contributed by atoms with Crippen molar-refractivity contribution in [2.24, 2.45) is 0 Å². The van der Waals surface area contributed by atoms with Gasteiger partial charge in [0.2, 0.25) is 0 Å². The number of hydrogen-bond donors (Lipinski definition) is 1. The first-order valence-corrected chi connectivity index (χ1v) is 7.40. The van der Waals surface area contributed by atoms with Crippen LogP contribution < -0.4 is 4.90 Å². The third kappa shape index (κ3) is 2.83. The molecule has 0 bridgehead atoms. The van der Waals surface area contributed by atoms with Gasteiger partial charge in [-0.25, -0.2) is 4.98 Å². The maximum absolute atomic E-state index is 10.9. The zero-order chi connectivity index (χ0) is 13.1. The van der Waals surface area contributed by atoms with Gasteiger partial charge in [0.1, 0.15) is 0 Å². The predicted molar refractivity (Wildman–Crippen MR) is 73.5 cm³/mol. The number of aryl methyl sites for hydroxylation is 1. The smallest absolute Gasteiger partial charge is 0.308 e. The number of nitrogens with zero attached hydrogens (tertiary/aromatic N) is 2. The van der Waals surface area contributed by atoms with E-state index in [4.69, 9.17) is 5.11 Å². The second-order valence-electron chi connectivity index (χ2n) is 4.83. The summed E-state index contributed by atoms with van der Waals surface area (Å²) in [7, 11) is 0. The highest BCUT2D eigenvalue weighted by Crippen LogP contribution is 2.31. The molecule has 0 spiro atoms. The molecule has 1 aliphatic rings. The number of aromatic nitrogens is 1. The van der Waals surface area contributed by atoms with E-state index in [1.54, 1.807) is 11.3 Å². The fourth-order valence-electron chi connectivity index (χ4n) is 2.43. The van der Waals surface area contributed by atoms with Crippen LogP contribution in [0.4, 0.5) is 5.13 Å². The van der Waals surface area contributed by atoms with E-state index in [0.29, 0.717) is 6.04 Å². The first kappa shape index (κ1) is 13.3. The van der Waals surface area contributed by atoms with Crippen molar-refractivity contribution in [1.82, 2.24) is 4.98 Å². The van der Waals surface area contributed by atoms with Gasteiger partial charge in [0.05, 0.1) is 12.1 Å². The lowest BCUT2D eigenvalue weighted by molar-refractivity contribution is -0.136. The normalized spacial score (nSPS) is 20.1. The summed E-state index contributed by atoms with van der Waals surface area (Å²) in [6.07, 6.45) is 4.60. The van der Waals surface area contributed by atoms with Crippen LogP contribution in [0.3, 0.4) is 0 Å². The summed E-state index contributed by atoms with van der Waals surface area (Å²) in [4.78, 5) is 18.7. The van der Waals surface area contributed by atoms with E-state index in [-0.39, 0.29) is 6.42 Å². The maximum atomic E-state index is 10.9. The molecule has 0 aromatic carbocycles. The van der Waals surface area contributed by atoms with E-state index in [9.17, 15) is 4.79 Å². The summed E-state index contributed by atoms with van der Waals surface area (Å²) in [6.45, 7) is 5.30. The molecule has 1 aliphatic heterocycles. The average molecular weight is 268 g/mol. The first-order valence-electron chi connectivity index (χ1n) is 6.58. The number of hydrogen-bond acceptors (Lipinski definition) is 4. The zero-order valence-electron chi connectivity index (χ0n) is 11.0. The van der Waals surface area contributed by atoms with Crippen molar-refractivity contribution in [3.63, 3.8) is 0 Å². The molecule has 2 rings (SSSR count). The van der Waals surface area contributed by atoms with Crippen LogP contribution in [0.25, 0.3) is 0 Å². The number of thiazole rings is 1. The van der Waals surface area contributed by atoms with Crippen LogP contribution in [-0.2, 0) is 17.6 Å². The van der Waals surface area contributed by atoms with E-state index in [2.05, 4.69) is 16.8 Å². The molecule has 1 unspecified atom stereocenters. The maximum Gasteiger partial charge on any atom is 0.308 e. The molecule has 0 amide bonds. The topological polar surface area (TPSA) is 53.4 Å². The molecular formula is C13H20N2O2S. The van der Waals surface area contributed by atoms with Crippen LogP contribution in [0.15, 0.2) is 0 Å². The van der Waals surface area contributed by atoms with Crippen molar-refractivity contribution < 1.29 is 9.90 Å². The lowest BCUT2D eigenvalue weighted by Gasteiger charge is -2.33. The molecule has 1 aromatic heterocycles. The number of piperidine rings is 1. The Balaban J connectivity index is 2.22. The molecule has 5 heteroatoms. The van der Waals surface area contributed by atoms with E-state index < -0.39 is 5.97 Å². The molecule has 1 fully saturated rings. The van der Waals surface area contributed by atoms with Crippen LogP contribution in [0.1, 0.15) is 43.7 Å². The van der Waals surface area contributed by atoms with Gasteiger partial charge in [-0.1, -0.05) is 6.92 Å². The third-order valence-corrected chi connectivity index (χ3v) is 4.60. The van der Waals surface area contributed by atoms with E-state index in [1.807, 2.05) is 6.92 Å². The number of rotatable bonds is 4. The number of aliphatic carboxylic acids is 1. The standard InChI is InChI=1S/C13H20N2O2S/c1-3-10-11(8-12(16)17)18-13(14-10)15-7-5-4-6-9(15)2/h9H,3-8H2,1-2H3,(H,16,17). The predicted octanol–water partition coefficient (Wildman–Crippen LogP) is 2.71. The highest BCUT2D eigenvalue weighted by Gasteiger charge is 2.23. The fraction of sp³-hybridized carbons (Fsp3) is 0.692. The summed E-state index contributed by atoms with van der Waals surface area (Å²) in [6, 6.07) is 0.521. The van der Waals surface area contributed by atoms with Crippen LogP contribution in [0.5, 0.6) is 0 Å². The van der Waals surface area contributed by atoms with Crippen molar-refractivity contribution in [2.75, 3.05) is 11.4 Å². The molecule has 1 saturated heterocycles. The number of carboxylic acids is 1. The van der Waals surface area contributed by atoms with Crippen LogP contribution in [-0.4, -0.2) is 28.6 Å². The van der Waals surface area contributed by atoms with Crippen molar-refractivity contribution in [3.05, 3.63) is 10.6 Å². The van der Waals surface area contributed by atoms with Crippen molar-refractivity contribution in [1.29, 1.82) is 0 Å². The summed E-state index contributed by atoms with van der Waals surface area (Å²) in [5.41, 5.74) is 0.954. The minimum Gasteiger partial charge on any atom is -0.481 e. The van der Waals surface area contributed by atoms with Gasteiger partial charge in [-0.2, -0.15) is 0 Å². The van der Waals surface area contributed by atoms with Crippen LogP contribution >= 0.6 is 11.3 Å². The number of carboxylic acid groups (broad SMARTS) is 1. The largest absolute Gasteiger partial charge is 0.481 e. The van der Waals surface area contributed by atoms with Crippen LogP contribution in [0.2, 0.25) is 0 Å². The Morgan fingerprint density at radius 1 is 1.56 bits per heavy atom. The second kappa shape index (κ2) is 5.69. The second-order valence-corrected chi connectivity index (χ2v) is 5.89. The molecular weight excluding hydrogens is 248 g/mol. The Morgan fingerprint density at radius 3 is 2.94 bits per heavy atom. The van der Waals surface area contributed by atoms with Gasteiger partial charge in [-0.05, 0) is 32.6 Å². The summed E-state index contributed by atoms with van der Waals surface area (Å²) in [5.74, 6) is -0.772. The van der Waals surface area contributed by atoms with Crippen molar-refractivity contribution in [2.45, 2.75) is 52.0 Å². The van der Waals surface area contributed by atoms with Gasteiger partial charge in [0, 0.05) is 17.5 Å². The molecule has 2 heterocycles. The highest BCUT2D eigenvalue weighted by atomic mass is 32.1. The minimum atomic E-state index is -0.772. The molecule has 4 nitrogen and oxygen atoms in total. The van der Waals surface area contributed by atoms with Gasteiger partial charge in [0.15, 0.2) is 5.13 Å². The van der Waals surface area contributed by atoms with Crippen molar-refractivity contribution in [3.8, 4) is 0 Å². The summed E-state index contributed by atoms with van der Waals surface area (Å²) in [5, 5.41) is 9.93. The lowest BCUT2D eigenvalue weighted by Crippen LogP contribution is -2.37. The van der Waals surface area contributed by atoms with E-state index >= 15 is 0 Å². The first-order chi connectivity index (χ1) is 8.61. The molecule has 1 aromatic rings. The van der Waals surface area contributed by atoms with E-state index in [1.165, 1.54) is 19.3 Å². The minimum absolute atomic E-state index is 0.100.